The lowest BCUT2D eigenvalue weighted by Crippen LogP contribution is -2.27. The van der Waals surface area contributed by atoms with Crippen LogP contribution < -0.4 is 4.90 Å². The quantitative estimate of drug-likeness (QED) is 0.636. The first-order valence-electron chi connectivity index (χ1n) is 5.66. The largest absolute Gasteiger partial charge is 0.439 e. The second-order valence-corrected chi connectivity index (χ2v) is 6.17. The number of hydrogen-bond acceptors (Lipinski definition) is 6. The summed E-state index contributed by atoms with van der Waals surface area (Å²) < 4.78 is 7.90. The van der Waals surface area contributed by atoms with Crippen molar-refractivity contribution in [2.24, 2.45) is 0 Å². The lowest BCUT2D eigenvalue weighted by atomic mass is 10.3. The van der Waals surface area contributed by atoms with Crippen LogP contribution in [0.5, 0.6) is 0 Å². The van der Waals surface area contributed by atoms with E-state index >= 15 is 0 Å². The fourth-order valence-corrected chi connectivity index (χ4v) is 3.48. The van der Waals surface area contributed by atoms with Crippen molar-refractivity contribution in [2.75, 3.05) is 29.5 Å². The topological polar surface area (TPSA) is 16.4 Å². The highest BCUT2D eigenvalue weighted by molar-refractivity contribution is 7.80. The number of thiol groups is 2. The van der Waals surface area contributed by atoms with Crippen LogP contribution in [0, 0.1) is 11.4 Å². The molecule has 98 valence electrons. The molecular weight excluding hydrogens is 302 g/mol. The third-order valence-corrected chi connectivity index (χ3v) is 4.62. The molecule has 0 amide bonds. The number of anilines is 1. The standard InChI is InChI=1S/C12H15NOS4/c1-8-7-18-12-9(17)6-10(14-11(8)12)13(2-4-15)3-5-16/h6-7,15-16H,2-5H2,1H3. The van der Waals surface area contributed by atoms with Crippen molar-refractivity contribution in [3.63, 3.8) is 0 Å². The Balaban J connectivity index is 2.49. The van der Waals surface area contributed by atoms with Crippen LogP contribution in [0.4, 0.5) is 5.88 Å². The molecule has 0 aliphatic heterocycles. The van der Waals surface area contributed by atoms with E-state index in [1.54, 1.807) is 11.3 Å². The molecule has 0 saturated heterocycles. The van der Waals surface area contributed by atoms with Gasteiger partial charge in [-0.1, -0.05) is 12.2 Å². The van der Waals surface area contributed by atoms with Crippen molar-refractivity contribution in [2.45, 2.75) is 6.92 Å². The van der Waals surface area contributed by atoms with Gasteiger partial charge in [-0.15, -0.1) is 11.3 Å². The van der Waals surface area contributed by atoms with Gasteiger partial charge in [0.15, 0.2) is 11.5 Å². The second kappa shape index (κ2) is 6.32. The van der Waals surface area contributed by atoms with E-state index < -0.39 is 0 Å². The summed E-state index contributed by atoms with van der Waals surface area (Å²) in [5.41, 5.74) is 2.05. The zero-order chi connectivity index (χ0) is 13.1. The summed E-state index contributed by atoms with van der Waals surface area (Å²) in [5.74, 6) is 2.37. The molecule has 0 unspecified atom stereocenters. The minimum Gasteiger partial charge on any atom is -0.439 e. The van der Waals surface area contributed by atoms with E-state index in [4.69, 9.17) is 16.6 Å². The zero-order valence-corrected chi connectivity index (χ0v) is 13.5. The van der Waals surface area contributed by atoms with Gasteiger partial charge < -0.3 is 9.32 Å². The first-order chi connectivity index (χ1) is 8.67. The van der Waals surface area contributed by atoms with E-state index in [2.05, 4.69) is 35.5 Å². The van der Waals surface area contributed by atoms with Crippen LogP contribution in [-0.2, 0) is 0 Å². The van der Waals surface area contributed by atoms with Gasteiger partial charge in [0.2, 0.25) is 0 Å². The first-order valence-corrected chi connectivity index (χ1v) is 8.21. The molecule has 0 radical (unpaired) electrons. The molecule has 2 heterocycles. The van der Waals surface area contributed by atoms with E-state index in [0.717, 1.165) is 50.8 Å². The summed E-state index contributed by atoms with van der Waals surface area (Å²) >= 11 is 15.6. The zero-order valence-electron chi connectivity index (χ0n) is 10.0. The van der Waals surface area contributed by atoms with E-state index in [-0.39, 0.29) is 0 Å². The van der Waals surface area contributed by atoms with Crippen molar-refractivity contribution in [1.29, 1.82) is 0 Å². The van der Waals surface area contributed by atoms with E-state index in [9.17, 15) is 0 Å². The molecule has 2 nitrogen and oxygen atoms in total. The highest BCUT2D eigenvalue weighted by Crippen LogP contribution is 2.31. The number of thiophene rings is 1. The van der Waals surface area contributed by atoms with E-state index in [1.807, 2.05) is 13.0 Å². The maximum atomic E-state index is 5.98. The smallest absolute Gasteiger partial charge is 0.197 e. The van der Waals surface area contributed by atoms with Gasteiger partial charge in [0.25, 0.3) is 0 Å². The molecule has 0 fully saturated rings. The van der Waals surface area contributed by atoms with Crippen molar-refractivity contribution < 1.29 is 4.42 Å². The third-order valence-electron chi connectivity index (χ3n) is 2.65. The van der Waals surface area contributed by atoms with Gasteiger partial charge in [-0.2, -0.15) is 25.3 Å². The average Bonchev–Trinajstić information content (AvgIpc) is 2.72. The number of fused-ring (bicyclic) bond motifs is 1. The summed E-state index contributed by atoms with van der Waals surface area (Å²) in [4.78, 5) is 2.13. The molecule has 2 aromatic heterocycles. The third kappa shape index (κ3) is 2.87. The van der Waals surface area contributed by atoms with Crippen LogP contribution in [0.15, 0.2) is 15.9 Å². The number of hydrogen-bond donors (Lipinski definition) is 2. The van der Waals surface area contributed by atoms with Gasteiger partial charge in [-0.25, -0.2) is 0 Å². The summed E-state index contributed by atoms with van der Waals surface area (Å²) in [6, 6.07) is 1.93. The van der Waals surface area contributed by atoms with Gasteiger partial charge in [0.1, 0.15) is 0 Å². The van der Waals surface area contributed by atoms with Gasteiger partial charge in [0.05, 0.1) is 9.21 Å². The SMILES string of the molecule is Cc1csc2c(=S)cc(N(CCS)CCS)oc12. The van der Waals surface area contributed by atoms with Gasteiger partial charge in [-0.3, -0.25) is 0 Å². The highest BCUT2D eigenvalue weighted by Gasteiger charge is 2.12. The van der Waals surface area contributed by atoms with Gasteiger partial charge >= 0.3 is 0 Å². The lowest BCUT2D eigenvalue weighted by molar-refractivity contribution is 0.579. The van der Waals surface area contributed by atoms with Gasteiger partial charge in [0, 0.05) is 36.2 Å². The normalized spacial score (nSPS) is 11.1. The molecule has 0 spiro atoms. The molecular formula is C12H15NOS4. The first kappa shape index (κ1) is 14.2. The van der Waals surface area contributed by atoms with E-state index in [0.29, 0.717) is 0 Å². The summed E-state index contributed by atoms with van der Waals surface area (Å²) in [5, 5.41) is 2.08. The highest BCUT2D eigenvalue weighted by atomic mass is 32.1. The molecule has 2 rings (SSSR count). The Labute approximate surface area is 127 Å². The fourth-order valence-electron chi connectivity index (χ4n) is 1.77. The molecule has 6 heteroatoms. The molecule has 0 aliphatic rings. The number of rotatable bonds is 5. The molecule has 0 saturated carbocycles. The predicted octanol–water partition coefficient (Wildman–Crippen LogP) is 4.20. The lowest BCUT2D eigenvalue weighted by Gasteiger charge is -2.21. The molecule has 18 heavy (non-hydrogen) atoms. The van der Waals surface area contributed by atoms with Crippen LogP contribution >= 0.6 is 48.8 Å². The molecule has 0 aromatic carbocycles. The molecule has 2 aromatic rings. The van der Waals surface area contributed by atoms with Crippen LogP contribution in [0.2, 0.25) is 0 Å². The van der Waals surface area contributed by atoms with Crippen LogP contribution in [0.3, 0.4) is 0 Å². The Bertz CT molecular complexity index is 583. The monoisotopic (exact) mass is 317 g/mol. The average molecular weight is 318 g/mol. The summed E-state index contributed by atoms with van der Waals surface area (Å²) in [6.07, 6.45) is 0. The Kier molecular flexibility index (Phi) is 5.00. The Morgan fingerprint density at radius 3 is 2.61 bits per heavy atom. The molecule has 0 aliphatic carbocycles. The minimum atomic E-state index is 0.775. The Morgan fingerprint density at radius 2 is 2.00 bits per heavy atom. The second-order valence-electron chi connectivity index (χ2n) is 3.96. The fraction of sp³-hybridized carbons (Fsp3) is 0.417. The van der Waals surface area contributed by atoms with Crippen molar-refractivity contribution >= 4 is 65.0 Å². The minimum absolute atomic E-state index is 0.775. The summed E-state index contributed by atoms with van der Waals surface area (Å²) in [7, 11) is 0. The number of nitrogens with zero attached hydrogens (tertiary/aromatic N) is 1. The molecule has 0 N–H and O–H groups in total. The maximum absolute atomic E-state index is 5.98. The van der Waals surface area contributed by atoms with Crippen molar-refractivity contribution in [1.82, 2.24) is 0 Å². The van der Waals surface area contributed by atoms with Gasteiger partial charge in [-0.05, 0) is 12.3 Å². The Morgan fingerprint density at radius 1 is 1.33 bits per heavy atom. The molecule has 0 bridgehead atoms. The van der Waals surface area contributed by atoms with Crippen molar-refractivity contribution in [3.8, 4) is 0 Å². The number of aryl methyl sites for hydroxylation is 1. The Hall–Kier alpha value is -0.170. The summed E-state index contributed by atoms with van der Waals surface area (Å²) in [6.45, 7) is 3.70. The van der Waals surface area contributed by atoms with Crippen LogP contribution in [-0.4, -0.2) is 24.6 Å². The van der Waals surface area contributed by atoms with Crippen LogP contribution in [0.25, 0.3) is 10.3 Å². The maximum Gasteiger partial charge on any atom is 0.197 e. The van der Waals surface area contributed by atoms with Crippen molar-refractivity contribution in [3.05, 3.63) is 21.5 Å². The van der Waals surface area contributed by atoms with Crippen LogP contribution in [0.1, 0.15) is 5.56 Å². The predicted molar refractivity (Wildman–Crippen MR) is 89.6 cm³/mol. The van der Waals surface area contributed by atoms with E-state index in [1.165, 1.54) is 0 Å². The molecule has 0 atom stereocenters.